The normalized spacial score (nSPS) is 28.1. The van der Waals surface area contributed by atoms with Crippen molar-refractivity contribution in [2.45, 2.75) is 77.7 Å². The summed E-state index contributed by atoms with van der Waals surface area (Å²) in [5.41, 5.74) is 0. The van der Waals surface area contributed by atoms with Crippen LogP contribution in [0.25, 0.3) is 0 Å². The summed E-state index contributed by atoms with van der Waals surface area (Å²) < 4.78 is 0. The van der Waals surface area contributed by atoms with E-state index in [4.69, 9.17) is 0 Å². The van der Waals surface area contributed by atoms with Gasteiger partial charge >= 0.3 is 0 Å². The van der Waals surface area contributed by atoms with Gasteiger partial charge in [-0.05, 0) is 24.7 Å². The van der Waals surface area contributed by atoms with Gasteiger partial charge in [0.25, 0.3) is 0 Å². The lowest BCUT2D eigenvalue weighted by atomic mass is 9.93. The van der Waals surface area contributed by atoms with Crippen LogP contribution in [-0.4, -0.2) is 36.5 Å². The number of fused-ring (bicyclic) bond motifs is 1. The summed E-state index contributed by atoms with van der Waals surface area (Å²) in [5.74, 6) is 1.85. The molecule has 0 radical (unpaired) electrons. The quantitative estimate of drug-likeness (QED) is 0.659. The topological polar surface area (TPSA) is 32.3 Å². The second-order valence-electron chi connectivity index (χ2n) is 6.98. The maximum Gasteiger partial charge on any atom is 0.222 e. The molecular weight excluding hydrogens is 260 g/mol. The molecule has 1 N–H and O–H groups in total. The van der Waals surface area contributed by atoms with Gasteiger partial charge in [0, 0.05) is 32.1 Å². The zero-order valence-corrected chi connectivity index (χ0v) is 14.1. The molecule has 1 amide bonds. The average Bonchev–Trinajstić information content (AvgIpc) is 3.06. The molecule has 2 aliphatic heterocycles. The van der Waals surface area contributed by atoms with E-state index >= 15 is 0 Å². The Bertz CT molecular complexity index is 318. The number of nitrogens with one attached hydrogen (secondary N) is 1. The molecule has 0 spiro atoms. The number of likely N-dealkylation sites (tertiary alicyclic amines) is 1. The Kier molecular flexibility index (Phi) is 7.01. The molecule has 3 nitrogen and oxygen atoms in total. The van der Waals surface area contributed by atoms with Crippen LogP contribution in [0, 0.1) is 11.8 Å². The largest absolute Gasteiger partial charge is 0.339 e. The van der Waals surface area contributed by atoms with Crippen LogP contribution in [0.4, 0.5) is 0 Å². The number of carbonyl (C=O) groups excluding carboxylic acids is 1. The molecule has 0 aliphatic carbocycles. The summed E-state index contributed by atoms with van der Waals surface area (Å²) in [4.78, 5) is 14.7. The maximum atomic E-state index is 12.5. The average molecular weight is 294 g/mol. The smallest absolute Gasteiger partial charge is 0.222 e. The number of hydrogen-bond donors (Lipinski definition) is 1. The molecule has 2 rings (SSSR count). The molecule has 3 unspecified atom stereocenters. The third-order valence-corrected chi connectivity index (χ3v) is 5.45. The summed E-state index contributed by atoms with van der Waals surface area (Å²) in [5, 5.41) is 3.49. The van der Waals surface area contributed by atoms with Gasteiger partial charge in [0.05, 0.1) is 0 Å². The Hall–Kier alpha value is -0.570. The van der Waals surface area contributed by atoms with Crippen LogP contribution in [0.15, 0.2) is 0 Å². The maximum absolute atomic E-state index is 12.5. The number of hydrogen-bond acceptors (Lipinski definition) is 2. The van der Waals surface area contributed by atoms with Crippen LogP contribution in [0.2, 0.25) is 0 Å². The van der Waals surface area contributed by atoms with E-state index in [1.165, 1.54) is 38.5 Å². The van der Waals surface area contributed by atoms with E-state index in [9.17, 15) is 4.79 Å². The zero-order chi connectivity index (χ0) is 15.1. The molecule has 2 heterocycles. The van der Waals surface area contributed by atoms with Gasteiger partial charge in [0.2, 0.25) is 5.91 Å². The SMILES string of the molecule is CCCCCCCCCC(=O)N1CC2CNCC2C1CC. The molecule has 0 aromatic carbocycles. The Morgan fingerprint density at radius 3 is 2.48 bits per heavy atom. The fourth-order valence-corrected chi connectivity index (χ4v) is 4.21. The van der Waals surface area contributed by atoms with Crippen molar-refractivity contribution < 1.29 is 4.79 Å². The van der Waals surface area contributed by atoms with Crippen LogP contribution < -0.4 is 5.32 Å². The minimum absolute atomic E-state index is 0.421. The van der Waals surface area contributed by atoms with E-state index in [1.54, 1.807) is 0 Å². The van der Waals surface area contributed by atoms with E-state index in [2.05, 4.69) is 24.1 Å². The predicted molar refractivity (Wildman–Crippen MR) is 88.3 cm³/mol. The van der Waals surface area contributed by atoms with Crippen molar-refractivity contribution in [3.8, 4) is 0 Å². The third-order valence-electron chi connectivity index (χ3n) is 5.45. The first kappa shape index (κ1) is 16.8. The van der Waals surface area contributed by atoms with Crippen molar-refractivity contribution in [2.24, 2.45) is 11.8 Å². The second kappa shape index (κ2) is 8.77. The summed E-state index contributed by atoms with van der Waals surface area (Å²) in [6, 6.07) is 0.502. The lowest BCUT2D eigenvalue weighted by Gasteiger charge is -2.27. The third kappa shape index (κ3) is 4.45. The summed E-state index contributed by atoms with van der Waals surface area (Å²) in [6.07, 6.45) is 10.9. The summed E-state index contributed by atoms with van der Waals surface area (Å²) >= 11 is 0. The first-order valence-corrected chi connectivity index (χ1v) is 9.28. The van der Waals surface area contributed by atoms with E-state index in [-0.39, 0.29) is 0 Å². The van der Waals surface area contributed by atoms with Gasteiger partial charge < -0.3 is 10.2 Å². The fraction of sp³-hybridized carbons (Fsp3) is 0.944. The highest BCUT2D eigenvalue weighted by atomic mass is 16.2. The highest BCUT2D eigenvalue weighted by molar-refractivity contribution is 5.77. The van der Waals surface area contributed by atoms with E-state index < -0.39 is 0 Å². The van der Waals surface area contributed by atoms with Crippen molar-refractivity contribution in [1.82, 2.24) is 10.2 Å². The summed E-state index contributed by atoms with van der Waals surface area (Å²) in [7, 11) is 0. The molecule has 2 fully saturated rings. The molecule has 0 aromatic heterocycles. The van der Waals surface area contributed by atoms with Gasteiger partial charge in [-0.3, -0.25) is 4.79 Å². The molecule has 3 atom stereocenters. The molecule has 2 saturated heterocycles. The van der Waals surface area contributed by atoms with Crippen molar-refractivity contribution in [1.29, 1.82) is 0 Å². The van der Waals surface area contributed by atoms with Gasteiger partial charge in [0.1, 0.15) is 0 Å². The van der Waals surface area contributed by atoms with E-state index in [0.29, 0.717) is 23.8 Å². The second-order valence-corrected chi connectivity index (χ2v) is 6.98. The van der Waals surface area contributed by atoms with Gasteiger partial charge in [-0.25, -0.2) is 0 Å². The van der Waals surface area contributed by atoms with Gasteiger partial charge in [0.15, 0.2) is 0 Å². The number of carbonyl (C=O) groups is 1. The lowest BCUT2D eigenvalue weighted by molar-refractivity contribution is -0.132. The first-order valence-electron chi connectivity index (χ1n) is 9.28. The van der Waals surface area contributed by atoms with Crippen LogP contribution in [0.1, 0.15) is 71.6 Å². The minimum Gasteiger partial charge on any atom is -0.339 e. The minimum atomic E-state index is 0.421. The number of amides is 1. The molecule has 122 valence electrons. The zero-order valence-electron chi connectivity index (χ0n) is 14.1. The monoisotopic (exact) mass is 294 g/mol. The van der Waals surface area contributed by atoms with Gasteiger partial charge in [-0.2, -0.15) is 0 Å². The Morgan fingerprint density at radius 2 is 1.76 bits per heavy atom. The van der Waals surface area contributed by atoms with Crippen LogP contribution >= 0.6 is 0 Å². The van der Waals surface area contributed by atoms with Crippen molar-refractivity contribution in [3.05, 3.63) is 0 Å². The molecular formula is C18H34N2O. The molecule has 0 bridgehead atoms. The standard InChI is InChI=1S/C18H34N2O/c1-3-5-6-7-8-9-10-11-18(21)20-14-15-12-19-13-16(15)17(20)4-2/h15-17,19H,3-14H2,1-2H3. The Balaban J connectivity index is 1.64. The lowest BCUT2D eigenvalue weighted by Crippen LogP contribution is -2.39. The predicted octanol–water partition coefficient (Wildman–Crippen LogP) is 3.58. The van der Waals surface area contributed by atoms with Crippen molar-refractivity contribution in [2.75, 3.05) is 19.6 Å². The summed E-state index contributed by atoms with van der Waals surface area (Å²) in [6.45, 7) is 7.72. The van der Waals surface area contributed by atoms with Crippen LogP contribution in [0.3, 0.4) is 0 Å². The van der Waals surface area contributed by atoms with Crippen LogP contribution in [0.5, 0.6) is 0 Å². The molecule has 0 saturated carbocycles. The number of rotatable bonds is 9. The van der Waals surface area contributed by atoms with Crippen molar-refractivity contribution in [3.63, 3.8) is 0 Å². The first-order chi connectivity index (χ1) is 10.3. The number of unbranched alkanes of at least 4 members (excludes halogenated alkanes) is 6. The van der Waals surface area contributed by atoms with E-state index in [1.807, 2.05) is 0 Å². The highest BCUT2D eigenvalue weighted by Crippen LogP contribution is 2.34. The highest BCUT2D eigenvalue weighted by Gasteiger charge is 2.44. The number of nitrogens with zero attached hydrogens (tertiary/aromatic N) is 1. The van der Waals surface area contributed by atoms with E-state index in [0.717, 1.165) is 38.9 Å². The van der Waals surface area contributed by atoms with Crippen molar-refractivity contribution >= 4 is 5.91 Å². The Morgan fingerprint density at radius 1 is 1.05 bits per heavy atom. The van der Waals surface area contributed by atoms with Crippen LogP contribution in [-0.2, 0) is 4.79 Å². The fourth-order valence-electron chi connectivity index (χ4n) is 4.21. The van der Waals surface area contributed by atoms with Gasteiger partial charge in [-0.15, -0.1) is 0 Å². The molecule has 21 heavy (non-hydrogen) atoms. The molecule has 3 heteroatoms. The Labute approximate surface area is 130 Å². The van der Waals surface area contributed by atoms with Gasteiger partial charge in [-0.1, -0.05) is 52.4 Å². The molecule has 2 aliphatic rings. The molecule has 0 aromatic rings.